The molecule has 0 aromatic heterocycles. The quantitative estimate of drug-likeness (QED) is 0.444. The Kier molecular flexibility index (Phi) is 8.34. The van der Waals surface area contributed by atoms with Gasteiger partial charge in [-0.3, -0.25) is 9.10 Å². The van der Waals surface area contributed by atoms with E-state index in [0.29, 0.717) is 17.5 Å². The van der Waals surface area contributed by atoms with Crippen LogP contribution < -0.4 is 9.62 Å². The van der Waals surface area contributed by atoms with E-state index in [1.807, 2.05) is 23.9 Å². The van der Waals surface area contributed by atoms with Crippen LogP contribution in [-0.2, 0) is 14.8 Å². The van der Waals surface area contributed by atoms with E-state index in [2.05, 4.69) is 27.9 Å². The zero-order chi connectivity index (χ0) is 18.3. The van der Waals surface area contributed by atoms with Gasteiger partial charge in [-0.05, 0) is 59.7 Å². The standard InChI is InChI=1S/C17H25IN2O3S2/c1-25(22,23)20(15-9-7-14(18)8-10-15)13-17(21)19-11-12-24-16-5-3-2-4-6-16/h7-10,16H,2-6,11-13H2,1H3,(H,19,21). The molecular weight excluding hydrogens is 471 g/mol. The molecule has 5 nitrogen and oxygen atoms in total. The molecular formula is C17H25IN2O3S2. The number of nitrogens with zero attached hydrogens (tertiary/aromatic N) is 1. The lowest BCUT2D eigenvalue weighted by atomic mass is 10.0. The molecule has 1 aromatic carbocycles. The summed E-state index contributed by atoms with van der Waals surface area (Å²) in [6.45, 7) is 0.387. The molecule has 0 heterocycles. The maximum atomic E-state index is 12.2. The van der Waals surface area contributed by atoms with Gasteiger partial charge in [0.25, 0.3) is 0 Å². The van der Waals surface area contributed by atoms with Crippen LogP contribution in [-0.4, -0.2) is 44.7 Å². The maximum Gasteiger partial charge on any atom is 0.240 e. The first-order chi connectivity index (χ1) is 11.9. The Balaban J connectivity index is 1.82. The minimum absolute atomic E-state index is 0.187. The van der Waals surface area contributed by atoms with E-state index in [9.17, 15) is 13.2 Å². The molecule has 1 amide bonds. The number of hydrogen-bond acceptors (Lipinski definition) is 4. The molecule has 0 atom stereocenters. The molecule has 1 aliphatic carbocycles. The molecule has 1 saturated carbocycles. The lowest BCUT2D eigenvalue weighted by molar-refractivity contribution is -0.119. The molecule has 0 saturated heterocycles. The van der Waals surface area contributed by atoms with Gasteiger partial charge in [-0.1, -0.05) is 19.3 Å². The van der Waals surface area contributed by atoms with Gasteiger partial charge in [0.05, 0.1) is 11.9 Å². The number of thioether (sulfide) groups is 1. The molecule has 1 fully saturated rings. The van der Waals surface area contributed by atoms with E-state index in [1.165, 1.54) is 32.1 Å². The van der Waals surface area contributed by atoms with Crippen LogP contribution in [0.2, 0.25) is 0 Å². The Morgan fingerprint density at radius 3 is 2.48 bits per heavy atom. The Labute approximate surface area is 168 Å². The van der Waals surface area contributed by atoms with Crippen LogP contribution in [0.1, 0.15) is 32.1 Å². The van der Waals surface area contributed by atoms with Crippen LogP contribution in [0.15, 0.2) is 24.3 Å². The third-order valence-corrected chi connectivity index (χ3v) is 7.37. The number of carbonyl (C=O) groups excluding carboxylic acids is 1. The van der Waals surface area contributed by atoms with Crippen molar-refractivity contribution in [2.45, 2.75) is 37.4 Å². The molecule has 0 spiro atoms. The van der Waals surface area contributed by atoms with Gasteiger partial charge in [0, 0.05) is 21.1 Å². The average molecular weight is 496 g/mol. The Morgan fingerprint density at radius 2 is 1.88 bits per heavy atom. The Bertz CT molecular complexity index is 659. The van der Waals surface area contributed by atoms with Gasteiger partial charge in [-0.2, -0.15) is 11.8 Å². The highest BCUT2D eigenvalue weighted by Gasteiger charge is 2.20. The number of sulfonamides is 1. The predicted molar refractivity (Wildman–Crippen MR) is 114 cm³/mol. The van der Waals surface area contributed by atoms with Crippen LogP contribution >= 0.6 is 34.4 Å². The minimum Gasteiger partial charge on any atom is -0.354 e. The number of anilines is 1. The number of benzene rings is 1. The number of hydrogen-bond donors (Lipinski definition) is 1. The number of nitrogens with one attached hydrogen (secondary N) is 1. The molecule has 0 bridgehead atoms. The van der Waals surface area contributed by atoms with E-state index in [4.69, 9.17) is 0 Å². The van der Waals surface area contributed by atoms with E-state index in [0.717, 1.165) is 19.9 Å². The van der Waals surface area contributed by atoms with Gasteiger partial charge < -0.3 is 5.32 Å². The Hall–Kier alpha value is -0.480. The normalized spacial score (nSPS) is 15.8. The summed E-state index contributed by atoms with van der Waals surface area (Å²) in [7, 11) is -3.51. The lowest BCUT2D eigenvalue weighted by Gasteiger charge is -2.22. The second-order valence-corrected chi connectivity index (χ2v) is 10.8. The molecule has 0 unspecified atom stereocenters. The molecule has 0 radical (unpaired) electrons. The van der Waals surface area contributed by atoms with Crippen molar-refractivity contribution in [1.82, 2.24) is 5.32 Å². The summed E-state index contributed by atoms with van der Waals surface area (Å²) >= 11 is 4.07. The van der Waals surface area contributed by atoms with E-state index < -0.39 is 10.0 Å². The van der Waals surface area contributed by atoms with Crippen LogP contribution in [0.3, 0.4) is 0 Å². The zero-order valence-corrected chi connectivity index (χ0v) is 18.2. The SMILES string of the molecule is CS(=O)(=O)N(CC(=O)NCCSC1CCCCC1)c1ccc(I)cc1. The average Bonchev–Trinajstić information content (AvgIpc) is 2.57. The second-order valence-electron chi connectivity index (χ2n) is 6.23. The van der Waals surface area contributed by atoms with Crippen molar-refractivity contribution in [3.05, 3.63) is 27.8 Å². The number of amides is 1. The molecule has 8 heteroatoms. The number of rotatable bonds is 8. The first-order valence-electron chi connectivity index (χ1n) is 8.48. The van der Waals surface area contributed by atoms with Crippen LogP contribution in [0, 0.1) is 3.57 Å². The van der Waals surface area contributed by atoms with E-state index in [1.54, 1.807) is 12.1 Å². The number of carbonyl (C=O) groups is 1. The fourth-order valence-corrected chi connectivity index (χ4v) is 5.28. The minimum atomic E-state index is -3.51. The highest BCUT2D eigenvalue weighted by Crippen LogP contribution is 2.27. The van der Waals surface area contributed by atoms with Crippen LogP contribution in [0.5, 0.6) is 0 Å². The summed E-state index contributed by atoms with van der Waals surface area (Å²) in [6.07, 6.45) is 7.62. The van der Waals surface area contributed by atoms with E-state index >= 15 is 0 Å². The summed E-state index contributed by atoms with van der Waals surface area (Å²) in [4.78, 5) is 12.2. The smallest absolute Gasteiger partial charge is 0.240 e. The molecule has 140 valence electrons. The molecule has 0 aliphatic heterocycles. The van der Waals surface area contributed by atoms with Crippen LogP contribution in [0.4, 0.5) is 5.69 Å². The Morgan fingerprint density at radius 1 is 1.24 bits per heavy atom. The van der Waals surface area contributed by atoms with E-state index in [-0.39, 0.29) is 12.5 Å². The highest BCUT2D eigenvalue weighted by atomic mass is 127. The fraction of sp³-hybridized carbons (Fsp3) is 0.588. The van der Waals surface area contributed by atoms with Gasteiger partial charge in [-0.15, -0.1) is 0 Å². The van der Waals surface area contributed by atoms with Gasteiger partial charge >= 0.3 is 0 Å². The zero-order valence-electron chi connectivity index (χ0n) is 14.4. The number of halogens is 1. The third kappa shape index (κ3) is 7.34. The molecule has 1 aliphatic rings. The molecule has 2 rings (SSSR count). The summed E-state index contributed by atoms with van der Waals surface area (Å²) in [5.74, 6) is 0.604. The monoisotopic (exact) mass is 496 g/mol. The van der Waals surface area contributed by atoms with Gasteiger partial charge in [0.15, 0.2) is 0 Å². The first-order valence-corrected chi connectivity index (χ1v) is 12.5. The van der Waals surface area contributed by atoms with Crippen molar-refractivity contribution in [2.24, 2.45) is 0 Å². The molecule has 25 heavy (non-hydrogen) atoms. The van der Waals surface area contributed by atoms with Gasteiger partial charge in [0.1, 0.15) is 6.54 Å². The van der Waals surface area contributed by atoms with Gasteiger partial charge in [-0.25, -0.2) is 8.42 Å². The second kappa shape index (κ2) is 10.0. The summed E-state index contributed by atoms with van der Waals surface area (Å²) < 4.78 is 26.2. The van der Waals surface area contributed by atoms with Crippen molar-refractivity contribution >= 4 is 56.0 Å². The van der Waals surface area contributed by atoms with Crippen LogP contribution in [0.25, 0.3) is 0 Å². The molecule has 1 aromatic rings. The van der Waals surface area contributed by atoms with Crippen molar-refractivity contribution in [1.29, 1.82) is 0 Å². The van der Waals surface area contributed by atoms with Gasteiger partial charge in [0.2, 0.25) is 15.9 Å². The van der Waals surface area contributed by atoms with Crippen molar-refractivity contribution in [3.8, 4) is 0 Å². The summed E-state index contributed by atoms with van der Waals surface area (Å²) in [5.41, 5.74) is 0.509. The van der Waals surface area contributed by atoms with Crippen molar-refractivity contribution < 1.29 is 13.2 Å². The van der Waals surface area contributed by atoms with Crippen molar-refractivity contribution in [2.75, 3.05) is 29.4 Å². The summed E-state index contributed by atoms with van der Waals surface area (Å²) in [6, 6.07) is 7.09. The highest BCUT2D eigenvalue weighted by molar-refractivity contribution is 14.1. The topological polar surface area (TPSA) is 66.5 Å². The predicted octanol–water partition coefficient (Wildman–Crippen LogP) is 3.24. The fourth-order valence-electron chi connectivity index (χ4n) is 2.84. The maximum absolute atomic E-state index is 12.2. The van der Waals surface area contributed by atoms with Crippen molar-refractivity contribution in [3.63, 3.8) is 0 Å². The third-order valence-electron chi connectivity index (χ3n) is 4.13. The summed E-state index contributed by atoms with van der Waals surface area (Å²) in [5, 5.41) is 3.55. The first kappa shape index (κ1) is 20.8. The lowest BCUT2D eigenvalue weighted by Crippen LogP contribution is -2.41. The molecule has 1 N–H and O–H groups in total. The largest absolute Gasteiger partial charge is 0.354 e.